The van der Waals surface area contributed by atoms with Gasteiger partial charge >= 0.3 is 0 Å². The van der Waals surface area contributed by atoms with Crippen molar-refractivity contribution in [3.8, 4) is 5.75 Å². The molecule has 4 nitrogen and oxygen atoms in total. The summed E-state index contributed by atoms with van der Waals surface area (Å²) in [6, 6.07) is 4.15. The van der Waals surface area contributed by atoms with Crippen molar-refractivity contribution in [2.75, 3.05) is 6.61 Å². The lowest BCUT2D eigenvalue weighted by Crippen LogP contribution is -2.48. The summed E-state index contributed by atoms with van der Waals surface area (Å²) < 4.78 is 12.2. The monoisotopic (exact) mass is 290 g/mol. The lowest BCUT2D eigenvalue weighted by atomic mass is 9.74. The predicted octanol–water partition coefficient (Wildman–Crippen LogP) is 2.76. The molecule has 116 valence electrons. The zero-order valence-electron chi connectivity index (χ0n) is 13.1. The van der Waals surface area contributed by atoms with Crippen molar-refractivity contribution < 1.29 is 9.47 Å². The fourth-order valence-corrected chi connectivity index (χ4v) is 3.34. The molecule has 1 saturated heterocycles. The Bertz CT molecular complexity index is 498. The molecule has 1 aliphatic carbocycles. The third-order valence-corrected chi connectivity index (χ3v) is 4.59. The van der Waals surface area contributed by atoms with E-state index < -0.39 is 0 Å². The Balaban J connectivity index is 1.71. The van der Waals surface area contributed by atoms with Crippen molar-refractivity contribution in [3.63, 3.8) is 0 Å². The van der Waals surface area contributed by atoms with Gasteiger partial charge in [0, 0.05) is 31.0 Å². The second-order valence-corrected chi connectivity index (χ2v) is 6.70. The number of ether oxygens (including phenoxy) is 2. The second-order valence-electron chi connectivity index (χ2n) is 6.70. The third-order valence-electron chi connectivity index (χ3n) is 4.59. The molecule has 1 aliphatic heterocycles. The first kappa shape index (κ1) is 14.8. The topological polar surface area (TPSA) is 57.4 Å². The normalized spacial score (nSPS) is 25.4. The van der Waals surface area contributed by atoms with Crippen LogP contribution in [0.5, 0.6) is 5.75 Å². The fraction of sp³-hybridized carbons (Fsp3) is 0.706. The highest BCUT2D eigenvalue weighted by atomic mass is 16.5. The van der Waals surface area contributed by atoms with E-state index in [0.717, 1.165) is 43.0 Å². The maximum atomic E-state index is 6.28. The molecule has 1 aromatic heterocycles. The van der Waals surface area contributed by atoms with E-state index in [1.54, 1.807) is 0 Å². The third kappa shape index (κ3) is 3.38. The molecule has 2 atom stereocenters. The van der Waals surface area contributed by atoms with E-state index in [-0.39, 0.29) is 17.7 Å². The fourth-order valence-electron chi connectivity index (χ4n) is 3.34. The van der Waals surface area contributed by atoms with Crippen molar-refractivity contribution in [1.82, 2.24) is 4.98 Å². The number of nitrogens with two attached hydrogens (primary N) is 1. The molecule has 2 N–H and O–H groups in total. The van der Waals surface area contributed by atoms with E-state index in [9.17, 15) is 0 Å². The van der Waals surface area contributed by atoms with Crippen LogP contribution in [0.25, 0.3) is 0 Å². The molecule has 2 unspecified atom stereocenters. The second kappa shape index (κ2) is 5.93. The van der Waals surface area contributed by atoms with E-state index >= 15 is 0 Å². The van der Waals surface area contributed by atoms with Crippen molar-refractivity contribution in [2.45, 2.75) is 70.1 Å². The van der Waals surface area contributed by atoms with Crippen LogP contribution in [-0.2, 0) is 11.2 Å². The summed E-state index contributed by atoms with van der Waals surface area (Å²) in [7, 11) is 0. The van der Waals surface area contributed by atoms with E-state index in [2.05, 4.69) is 4.98 Å². The van der Waals surface area contributed by atoms with Crippen molar-refractivity contribution in [2.24, 2.45) is 5.73 Å². The first-order chi connectivity index (χ1) is 10.1. The predicted molar refractivity (Wildman–Crippen MR) is 82.5 cm³/mol. The molecular formula is C17H26N2O2. The van der Waals surface area contributed by atoms with Crippen LogP contribution < -0.4 is 10.5 Å². The van der Waals surface area contributed by atoms with Crippen LogP contribution in [0, 0.1) is 6.92 Å². The summed E-state index contributed by atoms with van der Waals surface area (Å²) in [6.45, 7) is 4.82. The van der Waals surface area contributed by atoms with Gasteiger partial charge in [0.2, 0.25) is 0 Å². The Morgan fingerprint density at radius 3 is 2.95 bits per heavy atom. The van der Waals surface area contributed by atoms with Gasteiger partial charge in [-0.25, -0.2) is 0 Å². The van der Waals surface area contributed by atoms with E-state index in [0.29, 0.717) is 0 Å². The van der Waals surface area contributed by atoms with Gasteiger partial charge in [-0.15, -0.1) is 0 Å². The summed E-state index contributed by atoms with van der Waals surface area (Å²) in [4.78, 5) is 4.61. The highest BCUT2D eigenvalue weighted by Gasteiger charge is 2.43. The maximum absolute atomic E-state index is 6.28. The summed E-state index contributed by atoms with van der Waals surface area (Å²) in [5.74, 6) is 0.902. The van der Waals surface area contributed by atoms with Gasteiger partial charge in [-0.1, -0.05) is 0 Å². The van der Waals surface area contributed by atoms with Crippen molar-refractivity contribution >= 4 is 0 Å². The van der Waals surface area contributed by atoms with Gasteiger partial charge in [0.15, 0.2) is 0 Å². The summed E-state index contributed by atoms with van der Waals surface area (Å²) in [6.07, 6.45) is 6.64. The molecule has 2 aliphatic rings. The number of hydrogen-bond donors (Lipinski definition) is 1. The number of rotatable bonds is 4. The molecule has 1 spiro atoms. The number of aryl methyl sites for hydroxylation is 1. The molecule has 3 rings (SSSR count). The largest absolute Gasteiger partial charge is 0.488 e. The highest BCUT2D eigenvalue weighted by molar-refractivity contribution is 5.30. The van der Waals surface area contributed by atoms with Gasteiger partial charge in [-0.3, -0.25) is 4.98 Å². The Morgan fingerprint density at radius 2 is 2.29 bits per heavy atom. The van der Waals surface area contributed by atoms with Crippen LogP contribution in [0.4, 0.5) is 0 Å². The number of hydrogen-bond acceptors (Lipinski definition) is 4. The molecule has 1 aromatic rings. The van der Waals surface area contributed by atoms with Gasteiger partial charge in [0.25, 0.3) is 0 Å². The first-order valence-corrected chi connectivity index (χ1v) is 8.09. The van der Waals surface area contributed by atoms with Gasteiger partial charge in [-0.05, 0) is 45.2 Å². The van der Waals surface area contributed by atoms with E-state index in [1.807, 2.05) is 26.0 Å². The highest BCUT2D eigenvalue weighted by Crippen LogP contribution is 2.43. The summed E-state index contributed by atoms with van der Waals surface area (Å²) in [5.41, 5.74) is 8.05. The molecule has 0 amide bonds. The van der Waals surface area contributed by atoms with Crippen molar-refractivity contribution in [3.05, 3.63) is 23.5 Å². The molecule has 0 aromatic carbocycles. The van der Waals surface area contributed by atoms with E-state index in [4.69, 9.17) is 15.2 Å². The van der Waals surface area contributed by atoms with Gasteiger partial charge in [0.05, 0.1) is 17.9 Å². The quantitative estimate of drug-likeness (QED) is 0.926. The van der Waals surface area contributed by atoms with Crippen molar-refractivity contribution in [1.29, 1.82) is 0 Å². The van der Waals surface area contributed by atoms with Crippen LogP contribution in [0.1, 0.15) is 50.4 Å². The lowest BCUT2D eigenvalue weighted by Gasteiger charge is -2.47. The summed E-state index contributed by atoms with van der Waals surface area (Å²) in [5, 5.41) is 0. The molecule has 1 saturated carbocycles. The molecule has 0 bridgehead atoms. The Hall–Kier alpha value is -1.13. The van der Waals surface area contributed by atoms with E-state index in [1.165, 1.54) is 19.3 Å². The molecule has 21 heavy (non-hydrogen) atoms. The zero-order chi connectivity index (χ0) is 14.9. The zero-order valence-corrected chi connectivity index (χ0v) is 13.1. The average molecular weight is 290 g/mol. The minimum Gasteiger partial charge on any atom is -0.488 e. The summed E-state index contributed by atoms with van der Waals surface area (Å²) >= 11 is 0. The first-order valence-electron chi connectivity index (χ1n) is 8.09. The Morgan fingerprint density at radius 1 is 1.48 bits per heavy atom. The Labute approximate surface area is 127 Å². The molecule has 4 heteroatoms. The maximum Gasteiger partial charge on any atom is 0.141 e. The smallest absolute Gasteiger partial charge is 0.141 e. The van der Waals surface area contributed by atoms with Crippen LogP contribution in [-0.4, -0.2) is 29.3 Å². The minimum absolute atomic E-state index is 0.0920. The molecule has 2 fully saturated rings. The van der Waals surface area contributed by atoms with Gasteiger partial charge in [-0.2, -0.15) is 0 Å². The molecular weight excluding hydrogens is 264 g/mol. The Kier molecular flexibility index (Phi) is 4.18. The molecule has 2 heterocycles. The van der Waals surface area contributed by atoms with Crippen LogP contribution in [0.3, 0.4) is 0 Å². The standard InChI is InChI=1S/C17H26N2O2/c1-12(18)10-15-16(5-4-13(2)19-15)21-14-6-9-20-17(11-14)7-3-8-17/h4-5,12,14H,3,6-11,18H2,1-2H3. The number of pyridine rings is 1. The minimum atomic E-state index is 0.0920. The molecule has 0 radical (unpaired) electrons. The van der Waals surface area contributed by atoms with Gasteiger partial charge < -0.3 is 15.2 Å². The number of nitrogens with zero attached hydrogens (tertiary/aromatic N) is 1. The van der Waals surface area contributed by atoms with Crippen LogP contribution in [0.15, 0.2) is 12.1 Å². The number of aromatic nitrogens is 1. The average Bonchev–Trinajstić information content (AvgIpc) is 2.40. The van der Waals surface area contributed by atoms with Crippen LogP contribution in [0.2, 0.25) is 0 Å². The van der Waals surface area contributed by atoms with Crippen LogP contribution >= 0.6 is 0 Å². The lowest BCUT2D eigenvalue weighted by molar-refractivity contribution is -0.153. The SMILES string of the molecule is Cc1ccc(OC2CCOC3(CCC3)C2)c(CC(C)N)n1. The van der Waals surface area contributed by atoms with Gasteiger partial charge in [0.1, 0.15) is 11.9 Å².